The lowest BCUT2D eigenvalue weighted by molar-refractivity contribution is -0.182. The molecular formula is C8H11F3N4. The zero-order valence-corrected chi connectivity index (χ0v) is 7.96. The van der Waals surface area contributed by atoms with Gasteiger partial charge in [0.2, 0.25) is 0 Å². The normalized spacial score (nSPS) is 21.5. The highest BCUT2D eigenvalue weighted by molar-refractivity contribution is 5.00. The Morgan fingerprint density at radius 3 is 2.73 bits per heavy atom. The topological polar surface area (TPSA) is 56.7 Å². The lowest BCUT2D eigenvalue weighted by Gasteiger charge is -2.25. The Labute approximate surface area is 84.3 Å². The molecule has 1 aromatic rings. The third-order valence-corrected chi connectivity index (χ3v) is 2.67. The molecule has 0 spiro atoms. The smallest absolute Gasteiger partial charge is 0.324 e. The number of halogens is 3. The summed E-state index contributed by atoms with van der Waals surface area (Å²) in [6, 6.07) is 0. The van der Waals surface area contributed by atoms with E-state index >= 15 is 0 Å². The van der Waals surface area contributed by atoms with E-state index in [9.17, 15) is 13.2 Å². The molecule has 84 valence electrons. The van der Waals surface area contributed by atoms with Gasteiger partial charge in [0.05, 0.1) is 12.5 Å². The van der Waals surface area contributed by atoms with Crippen LogP contribution in [0.5, 0.6) is 0 Å². The standard InChI is InChI=1S/C8H11F3N4/c9-8(10,11)5-1-2-6-13-14-7(3-12)15(6)4-5/h5H,1-4,12H2. The zero-order chi connectivity index (χ0) is 11.1. The van der Waals surface area contributed by atoms with Gasteiger partial charge in [-0.05, 0) is 6.42 Å². The number of alkyl halides is 3. The Morgan fingerprint density at radius 1 is 1.40 bits per heavy atom. The van der Waals surface area contributed by atoms with Crippen LogP contribution < -0.4 is 5.73 Å². The third kappa shape index (κ3) is 1.83. The van der Waals surface area contributed by atoms with Crippen molar-refractivity contribution in [1.82, 2.24) is 14.8 Å². The minimum atomic E-state index is -4.15. The maximum absolute atomic E-state index is 12.5. The van der Waals surface area contributed by atoms with Crippen LogP contribution in [-0.4, -0.2) is 20.9 Å². The van der Waals surface area contributed by atoms with Gasteiger partial charge >= 0.3 is 6.18 Å². The molecule has 0 bridgehead atoms. The molecule has 1 unspecified atom stereocenters. The zero-order valence-electron chi connectivity index (χ0n) is 7.96. The molecule has 7 heteroatoms. The molecule has 15 heavy (non-hydrogen) atoms. The molecule has 2 heterocycles. The lowest BCUT2D eigenvalue weighted by Crippen LogP contribution is -2.33. The fourth-order valence-corrected chi connectivity index (χ4v) is 1.80. The van der Waals surface area contributed by atoms with Gasteiger partial charge in [-0.25, -0.2) is 0 Å². The van der Waals surface area contributed by atoms with Crippen LogP contribution in [0.3, 0.4) is 0 Å². The molecule has 1 aromatic heterocycles. The molecule has 0 saturated carbocycles. The van der Waals surface area contributed by atoms with Crippen molar-refractivity contribution in [1.29, 1.82) is 0 Å². The molecule has 0 saturated heterocycles. The van der Waals surface area contributed by atoms with Crippen molar-refractivity contribution in [3.63, 3.8) is 0 Å². The second-order valence-electron chi connectivity index (χ2n) is 3.62. The SMILES string of the molecule is NCc1nnc2n1CC(C(F)(F)F)CC2. The average Bonchev–Trinajstić information content (AvgIpc) is 2.57. The summed E-state index contributed by atoms with van der Waals surface area (Å²) < 4.78 is 39.0. The molecule has 0 amide bonds. The van der Waals surface area contributed by atoms with Crippen LogP contribution in [-0.2, 0) is 19.5 Å². The number of hydrogen-bond acceptors (Lipinski definition) is 3. The Hall–Kier alpha value is -1.11. The predicted octanol–water partition coefficient (Wildman–Crippen LogP) is 0.861. The van der Waals surface area contributed by atoms with Crippen molar-refractivity contribution in [2.45, 2.75) is 32.1 Å². The number of hydrogen-bond donors (Lipinski definition) is 1. The molecule has 0 aliphatic carbocycles. The van der Waals surface area contributed by atoms with E-state index in [1.165, 1.54) is 4.57 Å². The Balaban J connectivity index is 2.25. The largest absolute Gasteiger partial charge is 0.393 e. The van der Waals surface area contributed by atoms with Gasteiger partial charge in [-0.15, -0.1) is 10.2 Å². The molecule has 1 atom stereocenters. The number of aromatic nitrogens is 3. The monoisotopic (exact) mass is 220 g/mol. The summed E-state index contributed by atoms with van der Waals surface area (Å²) in [5.74, 6) is -0.263. The predicted molar refractivity (Wildman–Crippen MR) is 45.8 cm³/mol. The first-order chi connectivity index (χ1) is 7.02. The van der Waals surface area contributed by atoms with Gasteiger partial charge in [-0.1, -0.05) is 0 Å². The van der Waals surface area contributed by atoms with E-state index in [0.717, 1.165) is 0 Å². The van der Waals surface area contributed by atoms with Crippen molar-refractivity contribution in [2.75, 3.05) is 0 Å². The van der Waals surface area contributed by atoms with Gasteiger partial charge < -0.3 is 10.3 Å². The lowest BCUT2D eigenvalue weighted by atomic mass is 9.99. The molecule has 2 N–H and O–H groups in total. The van der Waals surface area contributed by atoms with E-state index in [-0.39, 0.29) is 19.5 Å². The van der Waals surface area contributed by atoms with Crippen molar-refractivity contribution in [3.8, 4) is 0 Å². The van der Waals surface area contributed by atoms with Gasteiger partial charge in [-0.3, -0.25) is 0 Å². The first-order valence-electron chi connectivity index (χ1n) is 4.70. The summed E-state index contributed by atoms with van der Waals surface area (Å²) >= 11 is 0. The molecule has 1 aliphatic rings. The summed E-state index contributed by atoms with van der Waals surface area (Å²) in [6.45, 7) is 0.0238. The highest BCUT2D eigenvalue weighted by Gasteiger charge is 2.42. The highest BCUT2D eigenvalue weighted by atomic mass is 19.4. The van der Waals surface area contributed by atoms with Gasteiger partial charge in [0, 0.05) is 13.0 Å². The van der Waals surface area contributed by atoms with Crippen molar-refractivity contribution >= 4 is 0 Å². The molecule has 0 radical (unpaired) electrons. The Morgan fingerprint density at radius 2 is 2.13 bits per heavy atom. The minimum absolute atomic E-state index is 0.0895. The number of nitrogens with two attached hydrogens (primary N) is 1. The van der Waals surface area contributed by atoms with E-state index in [1.54, 1.807) is 0 Å². The van der Waals surface area contributed by atoms with Crippen LogP contribution in [0.2, 0.25) is 0 Å². The van der Waals surface area contributed by atoms with Crippen LogP contribution in [0.25, 0.3) is 0 Å². The molecule has 0 aromatic carbocycles. The summed E-state index contributed by atoms with van der Waals surface area (Å²) in [4.78, 5) is 0. The van der Waals surface area contributed by atoms with Crippen LogP contribution >= 0.6 is 0 Å². The van der Waals surface area contributed by atoms with Crippen molar-refractivity contribution < 1.29 is 13.2 Å². The first kappa shape index (κ1) is 10.4. The second kappa shape index (κ2) is 3.48. The van der Waals surface area contributed by atoms with E-state index in [2.05, 4.69) is 10.2 Å². The molecule has 2 rings (SSSR count). The van der Waals surface area contributed by atoms with Crippen LogP contribution in [0.4, 0.5) is 13.2 Å². The quantitative estimate of drug-likeness (QED) is 0.763. The Kier molecular flexibility index (Phi) is 2.41. The number of aryl methyl sites for hydroxylation is 1. The van der Waals surface area contributed by atoms with Gasteiger partial charge in [0.15, 0.2) is 0 Å². The molecule has 0 fully saturated rings. The Bertz CT molecular complexity index is 344. The molecular weight excluding hydrogens is 209 g/mol. The first-order valence-corrected chi connectivity index (χ1v) is 4.70. The summed E-state index contributed by atoms with van der Waals surface area (Å²) in [5.41, 5.74) is 5.37. The second-order valence-corrected chi connectivity index (χ2v) is 3.62. The van der Waals surface area contributed by atoms with Gasteiger partial charge in [-0.2, -0.15) is 13.2 Å². The number of rotatable bonds is 1. The van der Waals surface area contributed by atoms with Crippen molar-refractivity contribution in [2.24, 2.45) is 11.7 Å². The van der Waals surface area contributed by atoms with E-state index in [0.29, 0.717) is 18.1 Å². The summed E-state index contributed by atoms with van der Waals surface area (Å²) in [6.07, 6.45) is -3.74. The van der Waals surface area contributed by atoms with Crippen LogP contribution in [0.15, 0.2) is 0 Å². The summed E-state index contributed by atoms with van der Waals surface area (Å²) in [7, 11) is 0. The van der Waals surface area contributed by atoms with Gasteiger partial charge in [0.25, 0.3) is 0 Å². The fraction of sp³-hybridized carbons (Fsp3) is 0.750. The van der Waals surface area contributed by atoms with Gasteiger partial charge in [0.1, 0.15) is 11.6 Å². The summed E-state index contributed by atoms with van der Waals surface area (Å²) in [5, 5.41) is 7.56. The maximum Gasteiger partial charge on any atom is 0.393 e. The third-order valence-electron chi connectivity index (χ3n) is 2.67. The fourth-order valence-electron chi connectivity index (χ4n) is 1.80. The van der Waals surface area contributed by atoms with Crippen LogP contribution in [0, 0.1) is 5.92 Å². The van der Waals surface area contributed by atoms with E-state index in [1.807, 2.05) is 0 Å². The molecule has 4 nitrogen and oxygen atoms in total. The minimum Gasteiger partial charge on any atom is -0.324 e. The van der Waals surface area contributed by atoms with Crippen LogP contribution in [0.1, 0.15) is 18.1 Å². The maximum atomic E-state index is 12.5. The molecule has 1 aliphatic heterocycles. The highest BCUT2D eigenvalue weighted by Crippen LogP contribution is 2.34. The number of fused-ring (bicyclic) bond motifs is 1. The van der Waals surface area contributed by atoms with Crippen molar-refractivity contribution in [3.05, 3.63) is 11.6 Å². The van der Waals surface area contributed by atoms with E-state index < -0.39 is 12.1 Å². The average molecular weight is 220 g/mol. The number of nitrogens with zero attached hydrogens (tertiary/aromatic N) is 3. The van der Waals surface area contributed by atoms with E-state index in [4.69, 9.17) is 5.73 Å².